The zero-order valence-electron chi connectivity index (χ0n) is 10.4. The monoisotopic (exact) mass is 258 g/mol. The molecule has 0 radical (unpaired) electrons. The Balaban J connectivity index is 2.75. The first-order valence-corrected chi connectivity index (χ1v) is 7.35. The molecule has 1 unspecified atom stereocenters. The molecular formula is C12H19O4P. The summed E-state index contributed by atoms with van der Waals surface area (Å²) < 4.78 is 21.6. The van der Waals surface area contributed by atoms with Crippen molar-refractivity contribution in [2.45, 2.75) is 19.8 Å². The van der Waals surface area contributed by atoms with Crippen LogP contribution in [-0.4, -0.2) is 24.8 Å². The first-order chi connectivity index (χ1) is 7.98. The van der Waals surface area contributed by atoms with Crippen LogP contribution in [-0.2, 0) is 9.09 Å². The molecule has 1 aromatic carbocycles. The van der Waals surface area contributed by atoms with E-state index in [9.17, 15) is 9.46 Å². The average molecular weight is 258 g/mol. The summed E-state index contributed by atoms with van der Waals surface area (Å²) in [5.74, 6) is 0.700. The summed E-state index contributed by atoms with van der Waals surface area (Å²) in [4.78, 5) is 9.57. The standard InChI is InChI=1S/C12H19O4P/c1-4-16-17(13,14)9-10(2)11-6-5-7-12(8-11)15-3/h5-8,10H,4,9H2,1-3H3,(H,13,14)/t10-/m1/s1. The van der Waals surface area contributed by atoms with Crippen molar-refractivity contribution >= 4 is 7.60 Å². The molecule has 96 valence electrons. The third kappa shape index (κ3) is 4.50. The van der Waals surface area contributed by atoms with Crippen molar-refractivity contribution in [1.29, 1.82) is 0 Å². The fraction of sp³-hybridized carbons (Fsp3) is 0.500. The van der Waals surface area contributed by atoms with Crippen LogP contribution in [0.15, 0.2) is 24.3 Å². The zero-order chi connectivity index (χ0) is 12.9. The van der Waals surface area contributed by atoms with Crippen LogP contribution in [0, 0.1) is 0 Å². The Morgan fingerprint density at radius 1 is 1.47 bits per heavy atom. The minimum atomic E-state index is -3.48. The molecule has 0 heterocycles. The number of ether oxygens (including phenoxy) is 1. The molecule has 0 amide bonds. The molecule has 0 spiro atoms. The van der Waals surface area contributed by atoms with Crippen molar-refractivity contribution in [2.75, 3.05) is 19.9 Å². The lowest BCUT2D eigenvalue weighted by molar-refractivity contribution is 0.272. The highest BCUT2D eigenvalue weighted by Crippen LogP contribution is 2.45. The zero-order valence-corrected chi connectivity index (χ0v) is 11.3. The third-order valence-electron chi connectivity index (χ3n) is 2.50. The van der Waals surface area contributed by atoms with E-state index >= 15 is 0 Å². The predicted octanol–water partition coefficient (Wildman–Crippen LogP) is 3.02. The lowest BCUT2D eigenvalue weighted by Gasteiger charge is -2.17. The molecule has 0 aliphatic rings. The molecule has 0 fully saturated rings. The minimum Gasteiger partial charge on any atom is -0.497 e. The summed E-state index contributed by atoms with van der Waals surface area (Å²) >= 11 is 0. The van der Waals surface area contributed by atoms with E-state index in [1.165, 1.54) is 0 Å². The second-order valence-corrected chi connectivity index (χ2v) is 5.81. The molecule has 2 atom stereocenters. The van der Waals surface area contributed by atoms with Gasteiger partial charge in [0, 0.05) is 0 Å². The van der Waals surface area contributed by atoms with Crippen LogP contribution in [0.4, 0.5) is 0 Å². The second kappa shape index (κ2) is 6.20. The highest BCUT2D eigenvalue weighted by Gasteiger charge is 2.23. The van der Waals surface area contributed by atoms with E-state index in [4.69, 9.17) is 9.26 Å². The molecule has 1 aromatic rings. The van der Waals surface area contributed by atoms with Crippen molar-refractivity contribution in [1.82, 2.24) is 0 Å². The first kappa shape index (κ1) is 14.2. The SMILES string of the molecule is CCOP(=O)(O)C[C@@H](C)c1cccc(OC)c1. The molecule has 0 bridgehead atoms. The molecule has 0 saturated carbocycles. The highest BCUT2D eigenvalue weighted by atomic mass is 31.2. The number of hydrogen-bond donors (Lipinski definition) is 1. The fourth-order valence-electron chi connectivity index (χ4n) is 1.65. The molecule has 5 heteroatoms. The van der Waals surface area contributed by atoms with Crippen molar-refractivity contribution in [3.63, 3.8) is 0 Å². The van der Waals surface area contributed by atoms with Crippen LogP contribution in [0.2, 0.25) is 0 Å². The van der Waals surface area contributed by atoms with Gasteiger partial charge < -0.3 is 14.2 Å². The first-order valence-electron chi connectivity index (χ1n) is 5.59. The van der Waals surface area contributed by atoms with E-state index in [2.05, 4.69) is 0 Å². The summed E-state index contributed by atoms with van der Waals surface area (Å²) in [6.07, 6.45) is 0.119. The number of benzene rings is 1. The molecule has 1 N–H and O–H groups in total. The van der Waals surface area contributed by atoms with Gasteiger partial charge in [-0.15, -0.1) is 0 Å². The van der Waals surface area contributed by atoms with Crippen LogP contribution in [0.3, 0.4) is 0 Å². The predicted molar refractivity (Wildman–Crippen MR) is 67.7 cm³/mol. The maximum Gasteiger partial charge on any atom is 0.328 e. The van der Waals surface area contributed by atoms with Gasteiger partial charge in [0.2, 0.25) is 0 Å². The maximum absolute atomic E-state index is 11.7. The van der Waals surface area contributed by atoms with Gasteiger partial charge in [0.05, 0.1) is 19.9 Å². The van der Waals surface area contributed by atoms with Gasteiger partial charge in [0.25, 0.3) is 0 Å². The Labute approximate surface area is 102 Å². The van der Waals surface area contributed by atoms with Crippen molar-refractivity contribution in [2.24, 2.45) is 0 Å². The van der Waals surface area contributed by atoms with Crippen molar-refractivity contribution < 1.29 is 18.7 Å². The van der Waals surface area contributed by atoms with Crippen LogP contribution < -0.4 is 4.74 Å². The molecule has 1 rings (SSSR count). The molecule has 4 nitrogen and oxygen atoms in total. The normalized spacial score (nSPS) is 16.2. The molecule has 0 aromatic heterocycles. The quantitative estimate of drug-likeness (QED) is 0.797. The van der Waals surface area contributed by atoms with E-state index in [-0.39, 0.29) is 18.7 Å². The van der Waals surface area contributed by atoms with Gasteiger partial charge in [-0.05, 0) is 30.5 Å². The summed E-state index contributed by atoms with van der Waals surface area (Å²) in [5, 5.41) is 0. The minimum absolute atomic E-state index is 0.0486. The van der Waals surface area contributed by atoms with Crippen molar-refractivity contribution in [3.05, 3.63) is 29.8 Å². The van der Waals surface area contributed by atoms with Gasteiger partial charge in [0.1, 0.15) is 5.75 Å². The van der Waals surface area contributed by atoms with E-state index in [0.717, 1.165) is 11.3 Å². The van der Waals surface area contributed by atoms with E-state index in [1.54, 1.807) is 14.0 Å². The smallest absolute Gasteiger partial charge is 0.328 e. The Morgan fingerprint density at radius 3 is 2.76 bits per heavy atom. The van der Waals surface area contributed by atoms with Gasteiger partial charge in [-0.1, -0.05) is 19.1 Å². The lowest BCUT2D eigenvalue weighted by Crippen LogP contribution is -2.03. The molecular weight excluding hydrogens is 239 g/mol. The van der Waals surface area contributed by atoms with Crippen LogP contribution in [0.5, 0.6) is 5.75 Å². The lowest BCUT2D eigenvalue weighted by atomic mass is 10.0. The van der Waals surface area contributed by atoms with Crippen molar-refractivity contribution in [3.8, 4) is 5.75 Å². The highest BCUT2D eigenvalue weighted by molar-refractivity contribution is 7.52. The summed E-state index contributed by atoms with van der Waals surface area (Å²) in [6.45, 7) is 3.86. The van der Waals surface area contributed by atoms with Crippen LogP contribution >= 0.6 is 7.60 Å². The fourth-order valence-corrected chi connectivity index (χ4v) is 3.07. The summed E-state index contributed by atoms with van der Waals surface area (Å²) in [5.41, 5.74) is 0.971. The molecule has 0 saturated heterocycles. The van der Waals surface area contributed by atoms with Gasteiger partial charge in [-0.3, -0.25) is 4.57 Å². The molecule has 17 heavy (non-hydrogen) atoms. The van der Waals surface area contributed by atoms with Gasteiger partial charge >= 0.3 is 7.60 Å². The van der Waals surface area contributed by atoms with E-state index in [1.807, 2.05) is 31.2 Å². The molecule has 0 aliphatic carbocycles. The number of methoxy groups -OCH3 is 1. The molecule has 0 aliphatic heterocycles. The average Bonchev–Trinajstić information content (AvgIpc) is 2.28. The summed E-state index contributed by atoms with van der Waals surface area (Å²) in [7, 11) is -1.88. The van der Waals surface area contributed by atoms with E-state index in [0.29, 0.717) is 0 Å². The maximum atomic E-state index is 11.7. The Bertz CT molecular complexity index is 405. The second-order valence-electron chi connectivity index (χ2n) is 3.92. The number of hydrogen-bond acceptors (Lipinski definition) is 3. The topological polar surface area (TPSA) is 55.8 Å². The van der Waals surface area contributed by atoms with Crippen LogP contribution in [0.1, 0.15) is 25.3 Å². The van der Waals surface area contributed by atoms with Crippen LogP contribution in [0.25, 0.3) is 0 Å². The Morgan fingerprint density at radius 2 is 2.18 bits per heavy atom. The van der Waals surface area contributed by atoms with Gasteiger partial charge in [0.15, 0.2) is 0 Å². The largest absolute Gasteiger partial charge is 0.497 e. The Hall–Kier alpha value is -0.830. The van der Waals surface area contributed by atoms with Gasteiger partial charge in [-0.25, -0.2) is 0 Å². The van der Waals surface area contributed by atoms with E-state index < -0.39 is 7.60 Å². The summed E-state index contributed by atoms with van der Waals surface area (Å²) in [6, 6.07) is 7.50. The van der Waals surface area contributed by atoms with Gasteiger partial charge in [-0.2, -0.15) is 0 Å². The Kier molecular flexibility index (Phi) is 5.19. The number of rotatable bonds is 6. The third-order valence-corrected chi connectivity index (χ3v) is 4.17.